The minimum atomic E-state index is 0.622. The van der Waals surface area contributed by atoms with E-state index in [1.807, 2.05) is 12.1 Å². The molecule has 0 aliphatic heterocycles. The van der Waals surface area contributed by atoms with Crippen LogP contribution >= 0.6 is 11.3 Å². The lowest BCUT2D eigenvalue weighted by atomic mass is 10.3. The van der Waals surface area contributed by atoms with Crippen LogP contribution in [-0.2, 0) is 13.1 Å². The van der Waals surface area contributed by atoms with Crippen LogP contribution in [0.4, 0.5) is 0 Å². The van der Waals surface area contributed by atoms with E-state index in [0.29, 0.717) is 19.0 Å². The average Bonchev–Trinajstić information content (AvgIpc) is 3.04. The lowest BCUT2D eigenvalue weighted by Gasteiger charge is -2.11. The Morgan fingerprint density at radius 1 is 1.29 bits per heavy atom. The third-order valence-corrected chi connectivity index (χ3v) is 3.54. The zero-order valence-electron chi connectivity index (χ0n) is 12.3. The zero-order chi connectivity index (χ0) is 14.9. The number of thiophene rings is 1. The predicted octanol–water partition coefficient (Wildman–Crippen LogP) is 2.41. The molecule has 0 aromatic carbocycles. The van der Waals surface area contributed by atoms with Gasteiger partial charge in [0, 0.05) is 25.4 Å². The molecule has 112 valence electrons. The molecule has 21 heavy (non-hydrogen) atoms. The van der Waals surface area contributed by atoms with Crippen molar-refractivity contribution >= 4 is 17.3 Å². The lowest BCUT2D eigenvalue weighted by molar-refractivity contribution is 0.397. The number of nitrogens with one attached hydrogen (secondary N) is 2. The number of rotatable bonds is 6. The second-order valence-electron chi connectivity index (χ2n) is 4.39. The fourth-order valence-electron chi connectivity index (χ4n) is 1.72. The van der Waals surface area contributed by atoms with Crippen LogP contribution in [0.5, 0.6) is 5.88 Å². The molecular formula is C15H20N4OS. The molecule has 2 N–H and O–H groups in total. The van der Waals surface area contributed by atoms with Gasteiger partial charge in [-0.05, 0) is 34.9 Å². The Bertz CT molecular complexity index is 552. The summed E-state index contributed by atoms with van der Waals surface area (Å²) >= 11 is 1.69. The first-order valence-electron chi connectivity index (χ1n) is 6.84. The van der Waals surface area contributed by atoms with Gasteiger partial charge in [-0.1, -0.05) is 6.07 Å². The smallest absolute Gasteiger partial charge is 0.212 e. The molecule has 0 saturated heterocycles. The lowest BCUT2D eigenvalue weighted by Crippen LogP contribution is -2.36. The molecule has 0 radical (unpaired) electrons. The molecule has 0 atom stereocenters. The highest BCUT2D eigenvalue weighted by Gasteiger charge is 2.00. The summed E-state index contributed by atoms with van der Waals surface area (Å²) in [6.07, 6.45) is 1.80. The number of aromatic nitrogens is 1. The van der Waals surface area contributed by atoms with Crippen LogP contribution in [0, 0.1) is 0 Å². The van der Waals surface area contributed by atoms with Crippen LogP contribution in [0.2, 0.25) is 0 Å². The predicted molar refractivity (Wildman–Crippen MR) is 86.8 cm³/mol. The van der Waals surface area contributed by atoms with Gasteiger partial charge < -0.3 is 15.4 Å². The third-order valence-electron chi connectivity index (χ3n) is 2.81. The van der Waals surface area contributed by atoms with Crippen molar-refractivity contribution in [2.75, 3.05) is 13.7 Å². The van der Waals surface area contributed by atoms with Gasteiger partial charge >= 0.3 is 0 Å². The van der Waals surface area contributed by atoms with Crippen molar-refractivity contribution in [2.45, 2.75) is 20.0 Å². The molecule has 2 aromatic rings. The van der Waals surface area contributed by atoms with Crippen LogP contribution in [-0.4, -0.2) is 24.6 Å². The van der Waals surface area contributed by atoms with E-state index in [-0.39, 0.29) is 0 Å². The summed E-state index contributed by atoms with van der Waals surface area (Å²) in [5.74, 6) is 1.43. The van der Waals surface area contributed by atoms with Crippen LogP contribution in [0.3, 0.4) is 0 Å². The van der Waals surface area contributed by atoms with Gasteiger partial charge in [-0.25, -0.2) is 9.98 Å². The Morgan fingerprint density at radius 3 is 2.81 bits per heavy atom. The van der Waals surface area contributed by atoms with Crippen molar-refractivity contribution in [3.05, 3.63) is 46.3 Å². The Balaban J connectivity index is 1.90. The quantitative estimate of drug-likeness (QED) is 0.635. The van der Waals surface area contributed by atoms with Crippen LogP contribution in [0.1, 0.15) is 18.1 Å². The van der Waals surface area contributed by atoms with Gasteiger partial charge in [-0.15, -0.1) is 0 Å². The molecule has 2 rings (SSSR count). The van der Waals surface area contributed by atoms with E-state index in [4.69, 9.17) is 4.74 Å². The van der Waals surface area contributed by atoms with Gasteiger partial charge in [0.25, 0.3) is 0 Å². The molecule has 6 heteroatoms. The maximum absolute atomic E-state index is 5.05. The summed E-state index contributed by atoms with van der Waals surface area (Å²) in [7, 11) is 1.61. The van der Waals surface area contributed by atoms with E-state index in [9.17, 15) is 0 Å². The molecular weight excluding hydrogens is 284 g/mol. The number of pyridine rings is 1. The summed E-state index contributed by atoms with van der Waals surface area (Å²) in [5.41, 5.74) is 2.31. The Morgan fingerprint density at radius 2 is 2.19 bits per heavy atom. The van der Waals surface area contributed by atoms with Gasteiger partial charge in [-0.2, -0.15) is 11.3 Å². The number of ether oxygens (including phenoxy) is 1. The van der Waals surface area contributed by atoms with Crippen molar-refractivity contribution in [3.8, 4) is 5.88 Å². The van der Waals surface area contributed by atoms with Gasteiger partial charge in [0.05, 0.1) is 13.7 Å². The first-order chi connectivity index (χ1) is 10.3. The first kappa shape index (κ1) is 15.3. The molecule has 0 bridgehead atoms. The fraction of sp³-hybridized carbons (Fsp3) is 0.333. The number of hydrogen-bond donors (Lipinski definition) is 2. The molecule has 0 fully saturated rings. The van der Waals surface area contributed by atoms with Crippen molar-refractivity contribution in [1.29, 1.82) is 0 Å². The SMILES string of the molecule is CCNC(=NCc1ccsc1)NCc1ccc(OC)nc1. The maximum atomic E-state index is 5.05. The van der Waals surface area contributed by atoms with Gasteiger partial charge in [-0.3, -0.25) is 0 Å². The van der Waals surface area contributed by atoms with Crippen LogP contribution in [0.15, 0.2) is 40.1 Å². The van der Waals surface area contributed by atoms with Crippen molar-refractivity contribution in [2.24, 2.45) is 4.99 Å². The Labute approximate surface area is 129 Å². The molecule has 0 aliphatic rings. The highest BCUT2D eigenvalue weighted by molar-refractivity contribution is 7.07. The molecule has 0 amide bonds. The Kier molecular flexibility index (Phi) is 6.02. The number of nitrogens with zero attached hydrogens (tertiary/aromatic N) is 2. The van der Waals surface area contributed by atoms with E-state index < -0.39 is 0 Å². The summed E-state index contributed by atoms with van der Waals surface area (Å²) in [5, 5.41) is 10.7. The minimum absolute atomic E-state index is 0.622. The topological polar surface area (TPSA) is 58.5 Å². The second kappa shape index (κ2) is 8.26. The Hall–Kier alpha value is -2.08. The molecule has 2 aromatic heterocycles. The number of guanidine groups is 1. The number of aliphatic imine (C=N–C) groups is 1. The molecule has 0 aliphatic carbocycles. The van der Waals surface area contributed by atoms with Gasteiger partial charge in [0.2, 0.25) is 5.88 Å². The molecule has 0 unspecified atom stereocenters. The van der Waals surface area contributed by atoms with Crippen molar-refractivity contribution in [1.82, 2.24) is 15.6 Å². The third kappa shape index (κ3) is 5.07. The molecule has 5 nitrogen and oxygen atoms in total. The highest BCUT2D eigenvalue weighted by atomic mass is 32.1. The summed E-state index contributed by atoms with van der Waals surface area (Å²) in [4.78, 5) is 8.75. The van der Waals surface area contributed by atoms with Crippen LogP contribution in [0.25, 0.3) is 0 Å². The average molecular weight is 304 g/mol. The fourth-order valence-corrected chi connectivity index (χ4v) is 2.38. The largest absolute Gasteiger partial charge is 0.481 e. The van der Waals surface area contributed by atoms with Crippen molar-refractivity contribution in [3.63, 3.8) is 0 Å². The standard InChI is InChI=1S/C15H20N4OS/c1-3-16-15(19-10-13-6-7-21-11-13)18-9-12-4-5-14(20-2)17-8-12/h4-8,11H,3,9-10H2,1-2H3,(H2,16,18,19). The normalized spacial score (nSPS) is 11.2. The maximum Gasteiger partial charge on any atom is 0.212 e. The molecule has 0 spiro atoms. The minimum Gasteiger partial charge on any atom is -0.481 e. The summed E-state index contributed by atoms with van der Waals surface area (Å²) in [6.45, 7) is 4.24. The van der Waals surface area contributed by atoms with E-state index >= 15 is 0 Å². The van der Waals surface area contributed by atoms with E-state index in [0.717, 1.165) is 18.1 Å². The second-order valence-corrected chi connectivity index (χ2v) is 5.17. The molecule has 2 heterocycles. The highest BCUT2D eigenvalue weighted by Crippen LogP contribution is 2.07. The summed E-state index contributed by atoms with van der Waals surface area (Å²) in [6, 6.07) is 5.93. The summed E-state index contributed by atoms with van der Waals surface area (Å²) < 4.78 is 5.05. The monoisotopic (exact) mass is 304 g/mol. The van der Waals surface area contributed by atoms with E-state index in [1.54, 1.807) is 24.6 Å². The van der Waals surface area contributed by atoms with Gasteiger partial charge in [0.1, 0.15) is 0 Å². The van der Waals surface area contributed by atoms with E-state index in [2.05, 4.69) is 44.4 Å². The van der Waals surface area contributed by atoms with Gasteiger partial charge in [0.15, 0.2) is 5.96 Å². The number of hydrogen-bond acceptors (Lipinski definition) is 4. The number of methoxy groups -OCH3 is 1. The van der Waals surface area contributed by atoms with Crippen LogP contribution < -0.4 is 15.4 Å². The zero-order valence-corrected chi connectivity index (χ0v) is 13.1. The van der Waals surface area contributed by atoms with Crippen molar-refractivity contribution < 1.29 is 4.74 Å². The molecule has 0 saturated carbocycles. The first-order valence-corrected chi connectivity index (χ1v) is 7.78. The van der Waals surface area contributed by atoms with E-state index in [1.165, 1.54) is 5.56 Å².